The van der Waals surface area contributed by atoms with Crippen molar-refractivity contribution in [3.63, 3.8) is 0 Å². The van der Waals surface area contributed by atoms with Crippen molar-refractivity contribution < 1.29 is 27.5 Å². The Balaban J connectivity index is 1.53. The highest BCUT2D eigenvalue weighted by atomic mass is 32.2. The van der Waals surface area contributed by atoms with Crippen molar-refractivity contribution in [2.45, 2.75) is 55.8 Å². The van der Waals surface area contributed by atoms with E-state index in [1.807, 2.05) is 12.1 Å². The number of methoxy groups -OCH3 is 1. The number of amides is 1. The van der Waals surface area contributed by atoms with Crippen molar-refractivity contribution in [2.24, 2.45) is 0 Å². The van der Waals surface area contributed by atoms with E-state index in [-0.39, 0.29) is 22.2 Å². The molecule has 1 N–H and O–H groups in total. The van der Waals surface area contributed by atoms with E-state index in [0.29, 0.717) is 25.4 Å². The fourth-order valence-corrected chi connectivity index (χ4v) is 6.22. The predicted molar refractivity (Wildman–Crippen MR) is 132 cm³/mol. The molecule has 0 aromatic heterocycles. The summed E-state index contributed by atoms with van der Waals surface area (Å²) in [5.41, 5.74) is 1.05. The molecule has 0 atom stereocenters. The van der Waals surface area contributed by atoms with Crippen LogP contribution < -0.4 is 10.1 Å². The second kappa shape index (κ2) is 10.4. The zero-order chi connectivity index (χ0) is 25.1. The standard InChI is InChI=1S/C26H32N2O6S/c1-3-34-25(30)26(14-15-26)20-9-11-21(12-10-20)27-24(29)19-8-13-22(33-2)23(18-19)35(31,32)28-16-6-4-5-7-17-28/h8-13,18H,3-7,14-17H2,1-2H3,(H,27,29). The topological polar surface area (TPSA) is 102 Å². The van der Waals surface area contributed by atoms with Crippen LogP contribution in [0.3, 0.4) is 0 Å². The molecule has 1 amide bonds. The number of esters is 1. The molecule has 9 heteroatoms. The summed E-state index contributed by atoms with van der Waals surface area (Å²) in [6, 6.07) is 11.6. The fraction of sp³-hybridized carbons (Fsp3) is 0.462. The number of carbonyl (C=O) groups is 2. The van der Waals surface area contributed by atoms with E-state index in [9.17, 15) is 18.0 Å². The highest BCUT2D eigenvalue weighted by molar-refractivity contribution is 7.89. The van der Waals surface area contributed by atoms with Gasteiger partial charge < -0.3 is 14.8 Å². The molecule has 1 aliphatic heterocycles. The van der Waals surface area contributed by atoms with Gasteiger partial charge in [-0.05, 0) is 68.5 Å². The van der Waals surface area contributed by atoms with Crippen molar-refractivity contribution in [3.8, 4) is 5.75 Å². The Morgan fingerprint density at radius 2 is 1.66 bits per heavy atom. The van der Waals surface area contributed by atoms with Gasteiger partial charge in [0.25, 0.3) is 5.91 Å². The number of nitrogens with zero attached hydrogens (tertiary/aromatic N) is 1. The molecule has 1 saturated heterocycles. The molecule has 2 aromatic rings. The van der Waals surface area contributed by atoms with E-state index in [1.54, 1.807) is 25.1 Å². The van der Waals surface area contributed by atoms with Crippen LogP contribution in [0.1, 0.15) is 61.4 Å². The zero-order valence-corrected chi connectivity index (χ0v) is 21.0. The third-order valence-electron chi connectivity index (χ3n) is 6.72. The minimum Gasteiger partial charge on any atom is -0.495 e. The smallest absolute Gasteiger partial charge is 0.316 e. The summed E-state index contributed by atoms with van der Waals surface area (Å²) < 4.78 is 38.8. The van der Waals surface area contributed by atoms with E-state index in [0.717, 1.165) is 44.1 Å². The SMILES string of the molecule is CCOC(=O)C1(c2ccc(NC(=O)c3ccc(OC)c(S(=O)(=O)N4CCCCCC4)c3)cc2)CC1. The van der Waals surface area contributed by atoms with E-state index < -0.39 is 21.3 Å². The first-order valence-electron chi connectivity index (χ1n) is 12.1. The number of anilines is 1. The first-order valence-corrected chi connectivity index (χ1v) is 13.5. The van der Waals surface area contributed by atoms with Gasteiger partial charge in [0, 0.05) is 24.3 Å². The van der Waals surface area contributed by atoms with E-state index in [1.165, 1.54) is 23.5 Å². The number of rotatable bonds is 8. The molecule has 0 spiro atoms. The molecule has 2 aromatic carbocycles. The lowest BCUT2D eigenvalue weighted by molar-refractivity contribution is -0.146. The van der Waals surface area contributed by atoms with Crippen LogP contribution in [0.5, 0.6) is 5.75 Å². The first-order chi connectivity index (χ1) is 16.8. The van der Waals surface area contributed by atoms with Gasteiger partial charge in [-0.3, -0.25) is 9.59 Å². The zero-order valence-electron chi connectivity index (χ0n) is 20.2. The second-order valence-corrected chi connectivity index (χ2v) is 10.9. The van der Waals surface area contributed by atoms with Gasteiger partial charge in [-0.2, -0.15) is 4.31 Å². The maximum Gasteiger partial charge on any atom is 0.316 e. The summed E-state index contributed by atoms with van der Waals surface area (Å²) in [4.78, 5) is 25.3. The highest BCUT2D eigenvalue weighted by Crippen LogP contribution is 2.49. The van der Waals surface area contributed by atoms with Gasteiger partial charge >= 0.3 is 5.97 Å². The Morgan fingerprint density at radius 3 is 2.23 bits per heavy atom. The molecule has 2 fully saturated rings. The minimum absolute atomic E-state index is 0.00462. The van der Waals surface area contributed by atoms with Crippen LogP contribution in [0.4, 0.5) is 5.69 Å². The van der Waals surface area contributed by atoms with E-state index in [4.69, 9.17) is 9.47 Å². The van der Waals surface area contributed by atoms with Gasteiger partial charge in [0.05, 0.1) is 19.1 Å². The maximum atomic E-state index is 13.4. The molecule has 1 saturated carbocycles. The van der Waals surface area contributed by atoms with Crippen LogP contribution in [-0.4, -0.2) is 51.4 Å². The molecule has 188 valence electrons. The molecule has 35 heavy (non-hydrogen) atoms. The lowest BCUT2D eigenvalue weighted by atomic mass is 9.96. The van der Waals surface area contributed by atoms with Crippen molar-refractivity contribution in [3.05, 3.63) is 53.6 Å². The van der Waals surface area contributed by atoms with Gasteiger partial charge in [0.2, 0.25) is 10.0 Å². The lowest BCUT2D eigenvalue weighted by Crippen LogP contribution is -2.32. The molecule has 4 rings (SSSR count). The lowest BCUT2D eigenvalue weighted by Gasteiger charge is -2.21. The third-order valence-corrected chi connectivity index (χ3v) is 8.64. The minimum atomic E-state index is -3.80. The number of hydrogen-bond donors (Lipinski definition) is 1. The maximum absolute atomic E-state index is 13.4. The normalized spacial score (nSPS) is 17.8. The van der Waals surface area contributed by atoms with E-state index >= 15 is 0 Å². The summed E-state index contributed by atoms with van der Waals surface area (Å²) >= 11 is 0. The molecule has 8 nitrogen and oxygen atoms in total. The van der Waals surface area contributed by atoms with Gasteiger partial charge in [-0.1, -0.05) is 25.0 Å². The van der Waals surface area contributed by atoms with E-state index in [2.05, 4.69) is 5.32 Å². The van der Waals surface area contributed by atoms with Gasteiger partial charge in [-0.15, -0.1) is 0 Å². The Hall–Kier alpha value is -2.91. The molecule has 0 unspecified atom stereocenters. The van der Waals surface area contributed by atoms with Crippen molar-refractivity contribution >= 4 is 27.6 Å². The second-order valence-electron chi connectivity index (χ2n) is 9.02. The summed E-state index contributed by atoms with van der Waals surface area (Å²) in [7, 11) is -2.38. The highest BCUT2D eigenvalue weighted by Gasteiger charge is 2.52. The van der Waals surface area contributed by atoms with Crippen LogP contribution in [0.15, 0.2) is 47.4 Å². The summed E-state index contributed by atoms with van der Waals surface area (Å²) in [5, 5.41) is 2.81. The molecular formula is C26H32N2O6S. The summed E-state index contributed by atoms with van der Waals surface area (Å²) in [5.74, 6) is -0.434. The summed E-state index contributed by atoms with van der Waals surface area (Å²) in [6.45, 7) is 3.05. The molecule has 0 radical (unpaired) electrons. The predicted octanol–water partition coefficient (Wildman–Crippen LogP) is 4.11. The number of nitrogens with one attached hydrogen (secondary N) is 1. The van der Waals surface area contributed by atoms with Crippen LogP contribution in [0.2, 0.25) is 0 Å². The first kappa shape index (κ1) is 25.2. The monoisotopic (exact) mass is 500 g/mol. The largest absolute Gasteiger partial charge is 0.495 e. The van der Waals surface area contributed by atoms with Gasteiger partial charge in [-0.25, -0.2) is 8.42 Å². The Kier molecular flexibility index (Phi) is 7.47. The van der Waals surface area contributed by atoms with Crippen LogP contribution >= 0.6 is 0 Å². The Labute approximate surface area is 206 Å². The van der Waals surface area contributed by atoms with Crippen molar-refractivity contribution in [2.75, 3.05) is 32.1 Å². The van der Waals surface area contributed by atoms with Crippen molar-refractivity contribution in [1.29, 1.82) is 0 Å². The molecule has 2 aliphatic rings. The van der Waals surface area contributed by atoms with Gasteiger partial charge in [0.1, 0.15) is 10.6 Å². The number of carbonyl (C=O) groups excluding carboxylic acids is 2. The molecule has 0 bridgehead atoms. The van der Waals surface area contributed by atoms with Crippen molar-refractivity contribution in [1.82, 2.24) is 4.31 Å². The number of ether oxygens (including phenoxy) is 2. The molecular weight excluding hydrogens is 468 g/mol. The number of hydrogen-bond acceptors (Lipinski definition) is 6. The average molecular weight is 501 g/mol. The third kappa shape index (κ3) is 5.21. The summed E-state index contributed by atoms with van der Waals surface area (Å²) in [6.07, 6.45) is 5.14. The Morgan fingerprint density at radius 1 is 1.00 bits per heavy atom. The molecule has 1 aliphatic carbocycles. The van der Waals surface area contributed by atoms with Crippen LogP contribution in [0.25, 0.3) is 0 Å². The number of benzene rings is 2. The van der Waals surface area contributed by atoms with Crippen LogP contribution in [-0.2, 0) is 25.0 Å². The quantitative estimate of drug-likeness (QED) is 0.548. The van der Waals surface area contributed by atoms with Crippen LogP contribution in [0, 0.1) is 0 Å². The average Bonchev–Trinajstić information content (AvgIpc) is 3.69. The fourth-order valence-electron chi connectivity index (χ4n) is 4.52. The van der Waals surface area contributed by atoms with Gasteiger partial charge in [0.15, 0.2) is 0 Å². The molecule has 1 heterocycles. The number of sulfonamides is 1. The Bertz CT molecular complexity index is 1180.